The average molecular weight is 464 g/mol. The van der Waals surface area contributed by atoms with E-state index in [0.717, 1.165) is 25.7 Å². The van der Waals surface area contributed by atoms with Gasteiger partial charge in [0.25, 0.3) is 5.91 Å². The lowest BCUT2D eigenvalue weighted by Crippen LogP contribution is -2.52. The fourth-order valence-corrected chi connectivity index (χ4v) is 7.97. The summed E-state index contributed by atoms with van der Waals surface area (Å²) in [4.78, 5) is 13.5. The molecule has 2 aliphatic carbocycles. The number of nitrogens with one attached hydrogen (secondary N) is 2. The molecule has 2 saturated carbocycles. The molecule has 7 nitrogen and oxygen atoms in total. The first-order chi connectivity index (χ1) is 15.1. The number of carbonyl (C=O) groups is 1. The molecule has 8 heteroatoms. The number of rotatable bonds is 8. The molecular weight excluding hydrogens is 426 g/mol. The summed E-state index contributed by atoms with van der Waals surface area (Å²) in [6, 6.07) is 5.05. The van der Waals surface area contributed by atoms with Crippen LogP contribution in [0.3, 0.4) is 0 Å². The molecule has 178 valence electrons. The van der Waals surface area contributed by atoms with Crippen LogP contribution in [0.5, 0.6) is 0 Å². The van der Waals surface area contributed by atoms with Gasteiger partial charge in [-0.05, 0) is 67.1 Å². The number of sulfonamides is 1. The predicted molar refractivity (Wildman–Crippen MR) is 125 cm³/mol. The maximum atomic E-state index is 13.4. The van der Waals surface area contributed by atoms with Gasteiger partial charge in [0.2, 0.25) is 10.0 Å². The highest BCUT2D eigenvalue weighted by molar-refractivity contribution is 7.89. The van der Waals surface area contributed by atoms with Crippen LogP contribution in [-0.4, -0.2) is 58.0 Å². The van der Waals surface area contributed by atoms with Crippen LogP contribution in [0.15, 0.2) is 23.1 Å². The van der Waals surface area contributed by atoms with Crippen molar-refractivity contribution in [1.82, 2.24) is 9.62 Å². The van der Waals surface area contributed by atoms with Crippen LogP contribution in [0, 0.1) is 16.7 Å². The van der Waals surface area contributed by atoms with E-state index in [2.05, 4.69) is 31.4 Å². The number of methoxy groups -OCH3 is 1. The zero-order chi connectivity index (χ0) is 23.1. The molecule has 3 fully saturated rings. The van der Waals surface area contributed by atoms with Gasteiger partial charge in [0.1, 0.15) is 4.90 Å². The van der Waals surface area contributed by atoms with Crippen molar-refractivity contribution in [3.8, 4) is 0 Å². The lowest BCUT2D eigenvalue weighted by molar-refractivity contribution is 0.0737. The number of fused-ring (bicyclic) bond motifs is 2. The summed E-state index contributed by atoms with van der Waals surface area (Å²) in [5.74, 6) is 0.425. The summed E-state index contributed by atoms with van der Waals surface area (Å²) in [5.41, 5.74) is 1.05. The molecule has 3 atom stereocenters. The zero-order valence-electron chi connectivity index (χ0n) is 19.7. The molecule has 1 amide bonds. The number of hydrogen-bond acceptors (Lipinski definition) is 5. The van der Waals surface area contributed by atoms with Gasteiger partial charge in [-0.15, -0.1) is 0 Å². The number of benzene rings is 1. The lowest BCUT2D eigenvalue weighted by atomic mass is 9.68. The van der Waals surface area contributed by atoms with Gasteiger partial charge in [-0.3, -0.25) is 4.79 Å². The first-order valence-electron chi connectivity index (χ1n) is 11.8. The van der Waals surface area contributed by atoms with Crippen molar-refractivity contribution in [2.45, 2.75) is 63.8 Å². The standard InChI is InChI=1S/C24H37N3O4S/c1-23(2)18-9-10-24(3,16-18)22(23)26-21(28)17-7-8-19(25-11-14-31-4)20(15-17)32(29,30)27-12-5-6-13-27/h7-8,15,18,22,25H,5-6,9-14,16H2,1-4H3,(H,26,28)/t18-,22?,24?/m1/s1. The topological polar surface area (TPSA) is 87.7 Å². The van der Waals surface area contributed by atoms with Crippen molar-refractivity contribution >= 4 is 21.6 Å². The zero-order valence-corrected chi connectivity index (χ0v) is 20.6. The Morgan fingerprint density at radius 1 is 1.22 bits per heavy atom. The Balaban J connectivity index is 1.62. The molecule has 1 saturated heterocycles. The Morgan fingerprint density at radius 3 is 2.56 bits per heavy atom. The largest absolute Gasteiger partial charge is 0.383 e. The summed E-state index contributed by atoms with van der Waals surface area (Å²) in [6.07, 6.45) is 5.21. The monoisotopic (exact) mass is 463 g/mol. The van der Waals surface area contributed by atoms with E-state index in [1.165, 1.54) is 10.7 Å². The maximum absolute atomic E-state index is 13.4. The van der Waals surface area contributed by atoms with Crippen LogP contribution in [0.25, 0.3) is 0 Å². The minimum atomic E-state index is -3.68. The summed E-state index contributed by atoms with van der Waals surface area (Å²) in [6.45, 7) is 8.76. The average Bonchev–Trinajstić information content (AvgIpc) is 3.46. The van der Waals surface area contributed by atoms with E-state index in [9.17, 15) is 13.2 Å². The van der Waals surface area contributed by atoms with Crippen LogP contribution in [-0.2, 0) is 14.8 Å². The first kappa shape index (κ1) is 23.5. The van der Waals surface area contributed by atoms with Gasteiger partial charge in [0, 0.05) is 38.3 Å². The van der Waals surface area contributed by atoms with E-state index < -0.39 is 10.0 Å². The van der Waals surface area contributed by atoms with Crippen LogP contribution >= 0.6 is 0 Å². The number of carbonyl (C=O) groups excluding carboxylic acids is 1. The fraction of sp³-hybridized carbons (Fsp3) is 0.708. The van der Waals surface area contributed by atoms with Gasteiger partial charge in [-0.25, -0.2) is 8.42 Å². The normalized spacial score (nSPS) is 29.4. The van der Waals surface area contributed by atoms with Gasteiger partial charge >= 0.3 is 0 Å². The maximum Gasteiger partial charge on any atom is 0.251 e. The van der Waals surface area contributed by atoms with E-state index in [4.69, 9.17) is 4.74 Å². The second kappa shape index (κ2) is 8.61. The van der Waals surface area contributed by atoms with Crippen LogP contribution < -0.4 is 10.6 Å². The Kier molecular flexibility index (Phi) is 6.33. The second-order valence-corrected chi connectivity index (χ2v) is 12.5. The Morgan fingerprint density at radius 2 is 1.94 bits per heavy atom. The van der Waals surface area contributed by atoms with E-state index in [1.807, 2.05) is 0 Å². The van der Waals surface area contributed by atoms with Crippen molar-refractivity contribution in [2.75, 3.05) is 38.7 Å². The quantitative estimate of drug-likeness (QED) is 0.577. The Bertz CT molecular complexity index is 967. The van der Waals surface area contributed by atoms with Gasteiger partial charge in [-0.2, -0.15) is 4.31 Å². The summed E-state index contributed by atoms with van der Waals surface area (Å²) in [7, 11) is -2.08. The molecule has 4 rings (SSSR count). The van der Waals surface area contributed by atoms with Crippen molar-refractivity contribution in [2.24, 2.45) is 16.7 Å². The van der Waals surface area contributed by atoms with Gasteiger partial charge in [-0.1, -0.05) is 20.8 Å². The van der Waals surface area contributed by atoms with E-state index in [0.29, 0.717) is 43.4 Å². The third-order valence-electron chi connectivity index (χ3n) is 8.09. The molecule has 1 heterocycles. The molecule has 2 bridgehead atoms. The Labute approximate surface area is 192 Å². The van der Waals surface area contributed by atoms with Crippen molar-refractivity contribution < 1.29 is 17.9 Å². The summed E-state index contributed by atoms with van der Waals surface area (Å²) >= 11 is 0. The minimum absolute atomic E-state index is 0.0365. The van der Waals surface area contributed by atoms with Crippen LogP contribution in [0.2, 0.25) is 0 Å². The molecule has 32 heavy (non-hydrogen) atoms. The lowest BCUT2D eigenvalue weighted by Gasteiger charge is -2.43. The second-order valence-electron chi connectivity index (χ2n) is 10.6. The Hall–Kier alpha value is -1.64. The van der Waals surface area contributed by atoms with Gasteiger partial charge in [0.15, 0.2) is 0 Å². The number of ether oxygens (including phenoxy) is 1. The molecule has 0 spiro atoms. The van der Waals surface area contributed by atoms with Crippen molar-refractivity contribution in [1.29, 1.82) is 0 Å². The predicted octanol–water partition coefficient (Wildman–Crippen LogP) is 3.47. The highest BCUT2D eigenvalue weighted by Gasteiger charge is 2.59. The van der Waals surface area contributed by atoms with Crippen molar-refractivity contribution in [3.63, 3.8) is 0 Å². The van der Waals surface area contributed by atoms with Gasteiger partial charge < -0.3 is 15.4 Å². The van der Waals surface area contributed by atoms with Crippen LogP contribution in [0.4, 0.5) is 5.69 Å². The summed E-state index contributed by atoms with van der Waals surface area (Å²) < 4.78 is 33.4. The van der Waals surface area contributed by atoms with Gasteiger partial charge in [0.05, 0.1) is 12.3 Å². The molecule has 0 aromatic heterocycles. The number of anilines is 1. The molecule has 2 N–H and O–H groups in total. The minimum Gasteiger partial charge on any atom is -0.383 e. The van der Waals surface area contributed by atoms with E-state index in [1.54, 1.807) is 25.3 Å². The SMILES string of the molecule is COCCNc1ccc(C(=O)NC2C3(C)CC[C@H](C3)C2(C)C)cc1S(=O)(=O)N1CCCC1. The first-order valence-corrected chi connectivity index (χ1v) is 13.2. The highest BCUT2D eigenvalue weighted by Crippen LogP contribution is 2.62. The fourth-order valence-electron chi connectivity index (χ4n) is 6.26. The molecular formula is C24H37N3O4S. The molecule has 0 radical (unpaired) electrons. The third kappa shape index (κ3) is 4.05. The van der Waals surface area contributed by atoms with Crippen molar-refractivity contribution in [3.05, 3.63) is 23.8 Å². The van der Waals surface area contributed by atoms with E-state index in [-0.39, 0.29) is 27.7 Å². The number of hydrogen-bond donors (Lipinski definition) is 2. The smallest absolute Gasteiger partial charge is 0.251 e. The highest BCUT2D eigenvalue weighted by atomic mass is 32.2. The molecule has 2 unspecified atom stereocenters. The number of nitrogens with zero attached hydrogens (tertiary/aromatic N) is 1. The molecule has 3 aliphatic rings. The number of amides is 1. The van der Waals surface area contributed by atoms with Crippen LogP contribution in [0.1, 0.15) is 63.2 Å². The molecule has 1 aromatic carbocycles. The van der Waals surface area contributed by atoms with E-state index >= 15 is 0 Å². The summed E-state index contributed by atoms with van der Waals surface area (Å²) in [5, 5.41) is 6.45. The third-order valence-corrected chi connectivity index (χ3v) is 10.0. The molecule has 1 aromatic rings. The molecule has 1 aliphatic heterocycles.